The number of carbonyl (C=O) groups is 2. The molecule has 1 atom stereocenters. The number of rotatable bonds is 11. The first-order chi connectivity index (χ1) is 17.3. The summed E-state index contributed by atoms with van der Waals surface area (Å²) in [7, 11) is 0. The van der Waals surface area contributed by atoms with Crippen LogP contribution in [0.5, 0.6) is 0 Å². The van der Waals surface area contributed by atoms with E-state index in [4.69, 9.17) is 4.52 Å². The first-order valence-corrected chi connectivity index (χ1v) is 12.4. The number of ketones is 2. The molecule has 1 saturated carbocycles. The highest BCUT2D eigenvalue weighted by Crippen LogP contribution is 2.42. The van der Waals surface area contributed by atoms with Crippen LogP contribution < -0.4 is 0 Å². The highest BCUT2D eigenvalue weighted by atomic mass is 19.1. The van der Waals surface area contributed by atoms with E-state index in [9.17, 15) is 18.4 Å². The quantitative estimate of drug-likeness (QED) is 0.331. The molecule has 0 unspecified atom stereocenters. The summed E-state index contributed by atoms with van der Waals surface area (Å²) in [5.41, 5.74) is 0.550. The highest BCUT2D eigenvalue weighted by Gasteiger charge is 2.47. The monoisotopic (exact) mass is 493 g/mol. The lowest BCUT2D eigenvalue weighted by Crippen LogP contribution is -2.58. The highest BCUT2D eigenvalue weighted by molar-refractivity contribution is 5.96. The van der Waals surface area contributed by atoms with Gasteiger partial charge in [0.05, 0.1) is 5.56 Å². The molecule has 0 amide bonds. The Morgan fingerprint density at radius 2 is 1.94 bits per heavy atom. The zero-order valence-electron chi connectivity index (χ0n) is 20.3. The van der Waals surface area contributed by atoms with Crippen LogP contribution >= 0.6 is 0 Å². The molecule has 2 aliphatic rings. The Hall–Kier alpha value is -3.26. The summed E-state index contributed by atoms with van der Waals surface area (Å²) in [6.07, 6.45) is 5.05. The van der Waals surface area contributed by atoms with Crippen molar-refractivity contribution in [3.8, 4) is 11.3 Å². The molecule has 0 bridgehead atoms. The van der Waals surface area contributed by atoms with E-state index < -0.39 is 17.0 Å². The molecule has 0 radical (unpaired) electrons. The molecule has 8 heteroatoms. The Labute approximate surface area is 208 Å². The predicted molar refractivity (Wildman–Crippen MR) is 129 cm³/mol. The van der Waals surface area contributed by atoms with E-state index in [1.54, 1.807) is 6.20 Å². The van der Waals surface area contributed by atoms with Gasteiger partial charge in [-0.2, -0.15) is 0 Å². The lowest BCUT2D eigenvalue weighted by Gasteiger charge is -2.50. The van der Waals surface area contributed by atoms with Crippen molar-refractivity contribution in [2.45, 2.75) is 44.9 Å². The van der Waals surface area contributed by atoms with Gasteiger partial charge in [0.25, 0.3) is 0 Å². The van der Waals surface area contributed by atoms with Gasteiger partial charge < -0.3 is 9.42 Å². The number of halogens is 2. The molecule has 36 heavy (non-hydrogen) atoms. The molecule has 3 aromatic rings. The van der Waals surface area contributed by atoms with Gasteiger partial charge in [-0.15, -0.1) is 0 Å². The molecule has 6 nitrogen and oxygen atoms in total. The van der Waals surface area contributed by atoms with Crippen molar-refractivity contribution < 1.29 is 22.9 Å². The number of hydrogen-bond acceptors (Lipinski definition) is 6. The zero-order valence-corrected chi connectivity index (χ0v) is 20.3. The van der Waals surface area contributed by atoms with E-state index in [1.165, 1.54) is 25.0 Å². The van der Waals surface area contributed by atoms with Crippen LogP contribution in [0.2, 0.25) is 0 Å². The van der Waals surface area contributed by atoms with Crippen LogP contribution in [0.15, 0.2) is 53.2 Å². The van der Waals surface area contributed by atoms with Gasteiger partial charge in [0.1, 0.15) is 23.1 Å². The van der Waals surface area contributed by atoms with E-state index in [2.05, 4.69) is 15.0 Å². The average Bonchev–Trinajstić information content (AvgIpc) is 3.50. The number of hydrogen-bond donors (Lipinski definition) is 0. The number of aromatic nitrogens is 2. The maximum Gasteiger partial charge on any atom is 0.185 e. The number of benzene rings is 1. The van der Waals surface area contributed by atoms with Gasteiger partial charge in [0.15, 0.2) is 11.5 Å². The third kappa shape index (κ3) is 5.59. The second-order valence-electron chi connectivity index (χ2n) is 10.5. The van der Waals surface area contributed by atoms with Crippen LogP contribution in [0.4, 0.5) is 8.78 Å². The van der Waals surface area contributed by atoms with Crippen molar-refractivity contribution in [3.05, 3.63) is 71.7 Å². The van der Waals surface area contributed by atoms with E-state index in [0.717, 1.165) is 30.3 Å². The Bertz CT molecular complexity index is 1250. The van der Waals surface area contributed by atoms with E-state index in [1.807, 2.05) is 25.1 Å². The van der Waals surface area contributed by atoms with E-state index in [0.29, 0.717) is 25.9 Å². The minimum Gasteiger partial charge on any atom is -0.355 e. The average molecular weight is 494 g/mol. The number of carbonyl (C=O) groups excluding carboxylic acids is 2. The largest absolute Gasteiger partial charge is 0.355 e. The SMILES string of the molecule is C[C@@H](CC(=O)CC1(CC(=O)c2cc(-c3ccc(F)cc3F)on2)CN(CC2CC2)C1)c1ccccn1. The minimum absolute atomic E-state index is 0.00204. The number of nitrogens with zero attached hydrogens (tertiary/aromatic N) is 3. The molecule has 1 saturated heterocycles. The van der Waals surface area contributed by atoms with Crippen LogP contribution in [0, 0.1) is 23.0 Å². The number of Topliss-reactive ketones (excluding diaryl/α,β-unsaturated/α-hetero) is 2. The Morgan fingerprint density at radius 1 is 1.14 bits per heavy atom. The summed E-state index contributed by atoms with van der Waals surface area (Å²) in [6.45, 7) is 4.38. The Kier molecular flexibility index (Phi) is 6.79. The van der Waals surface area contributed by atoms with Gasteiger partial charge in [-0.05, 0) is 43.0 Å². The van der Waals surface area contributed by atoms with Gasteiger partial charge in [-0.25, -0.2) is 8.78 Å². The fraction of sp³-hybridized carbons (Fsp3) is 0.429. The van der Waals surface area contributed by atoms with Crippen molar-refractivity contribution in [2.24, 2.45) is 11.3 Å². The summed E-state index contributed by atoms with van der Waals surface area (Å²) in [5, 5.41) is 3.85. The predicted octanol–water partition coefficient (Wildman–Crippen LogP) is 5.45. The maximum absolute atomic E-state index is 14.1. The lowest BCUT2D eigenvalue weighted by molar-refractivity contribution is -0.125. The third-order valence-electron chi connectivity index (χ3n) is 7.16. The van der Waals surface area contributed by atoms with Crippen LogP contribution in [0.1, 0.15) is 61.1 Å². The molecule has 2 fully saturated rings. The van der Waals surface area contributed by atoms with Crippen LogP contribution in [-0.2, 0) is 4.79 Å². The second-order valence-corrected chi connectivity index (χ2v) is 10.5. The van der Waals surface area contributed by atoms with Gasteiger partial charge in [0, 0.05) is 74.3 Å². The fourth-order valence-corrected chi connectivity index (χ4v) is 5.24. The second kappa shape index (κ2) is 10.0. The topological polar surface area (TPSA) is 76.3 Å². The van der Waals surface area contributed by atoms with Gasteiger partial charge in [-0.1, -0.05) is 18.1 Å². The summed E-state index contributed by atoms with van der Waals surface area (Å²) < 4.78 is 32.6. The van der Waals surface area contributed by atoms with Crippen molar-refractivity contribution in [1.29, 1.82) is 0 Å². The number of likely N-dealkylation sites (tertiary alicyclic amines) is 1. The smallest absolute Gasteiger partial charge is 0.185 e. The van der Waals surface area contributed by atoms with Crippen LogP contribution in [0.3, 0.4) is 0 Å². The fourth-order valence-electron chi connectivity index (χ4n) is 5.24. The molecule has 1 aliphatic heterocycles. The normalized spacial score (nSPS) is 18.0. The maximum atomic E-state index is 14.1. The standard InChI is InChI=1S/C28H29F2N3O3/c1-18(24-4-2-3-9-31-24)10-21(34)13-28(16-33(17-28)15-19-5-6-19)14-26(35)25-12-27(36-32-25)22-8-7-20(29)11-23(22)30/h2-4,7-9,11-12,18-19H,5-6,10,13-17H2,1H3/t18-/m0/s1. The van der Waals surface area contributed by atoms with Crippen molar-refractivity contribution >= 4 is 11.6 Å². The first kappa shape index (κ1) is 24.4. The Morgan fingerprint density at radius 3 is 2.64 bits per heavy atom. The molecule has 188 valence electrons. The van der Waals surface area contributed by atoms with E-state index >= 15 is 0 Å². The molecule has 1 aliphatic carbocycles. The van der Waals surface area contributed by atoms with Crippen LogP contribution in [-0.4, -0.2) is 46.2 Å². The molecular weight excluding hydrogens is 464 g/mol. The summed E-state index contributed by atoms with van der Waals surface area (Å²) in [6, 6.07) is 10.2. The molecular formula is C28H29F2N3O3. The van der Waals surface area contributed by atoms with Crippen LogP contribution in [0.25, 0.3) is 11.3 Å². The zero-order chi connectivity index (χ0) is 25.3. The number of pyridine rings is 1. The van der Waals surface area contributed by atoms with Crippen molar-refractivity contribution in [1.82, 2.24) is 15.0 Å². The van der Waals surface area contributed by atoms with Gasteiger partial charge in [-0.3, -0.25) is 14.6 Å². The van der Waals surface area contributed by atoms with E-state index in [-0.39, 0.29) is 40.9 Å². The van der Waals surface area contributed by atoms with Gasteiger partial charge >= 0.3 is 0 Å². The summed E-state index contributed by atoms with van der Waals surface area (Å²) in [5.74, 6) is -0.833. The minimum atomic E-state index is -0.788. The summed E-state index contributed by atoms with van der Waals surface area (Å²) >= 11 is 0. The van der Waals surface area contributed by atoms with Crippen molar-refractivity contribution in [3.63, 3.8) is 0 Å². The molecule has 2 aromatic heterocycles. The Balaban J connectivity index is 1.27. The summed E-state index contributed by atoms with van der Waals surface area (Å²) in [4.78, 5) is 33.0. The molecule has 5 rings (SSSR count). The lowest BCUT2D eigenvalue weighted by atomic mass is 9.70. The first-order valence-electron chi connectivity index (χ1n) is 12.4. The molecule has 0 N–H and O–H groups in total. The third-order valence-corrected chi connectivity index (χ3v) is 7.16. The molecule has 0 spiro atoms. The molecule has 1 aromatic carbocycles. The van der Waals surface area contributed by atoms with Gasteiger partial charge in [0.2, 0.25) is 0 Å². The van der Waals surface area contributed by atoms with Crippen molar-refractivity contribution in [2.75, 3.05) is 19.6 Å². The molecule has 3 heterocycles.